The van der Waals surface area contributed by atoms with Gasteiger partial charge in [-0.3, -0.25) is 9.78 Å². The summed E-state index contributed by atoms with van der Waals surface area (Å²) in [5.74, 6) is -0.106. The molecule has 1 aliphatic heterocycles. The Morgan fingerprint density at radius 3 is 2.45 bits per heavy atom. The summed E-state index contributed by atoms with van der Waals surface area (Å²) >= 11 is 0. The molecule has 1 aromatic carbocycles. The van der Waals surface area contributed by atoms with Gasteiger partial charge in [0.05, 0.1) is 17.0 Å². The van der Waals surface area contributed by atoms with Crippen LogP contribution in [0.4, 0.5) is 5.69 Å². The van der Waals surface area contributed by atoms with Crippen molar-refractivity contribution in [3.05, 3.63) is 66.0 Å². The molecule has 1 aromatic heterocycles. The van der Waals surface area contributed by atoms with E-state index in [0.29, 0.717) is 5.57 Å². The number of rotatable bonds is 2. The van der Waals surface area contributed by atoms with Crippen LogP contribution in [0.15, 0.2) is 65.5 Å². The third-order valence-corrected chi connectivity index (χ3v) is 3.08. The van der Waals surface area contributed by atoms with Gasteiger partial charge >= 0.3 is 0 Å². The van der Waals surface area contributed by atoms with Crippen molar-refractivity contribution in [1.82, 2.24) is 4.98 Å². The van der Waals surface area contributed by atoms with Crippen molar-refractivity contribution >= 4 is 23.4 Å². The van der Waals surface area contributed by atoms with E-state index >= 15 is 0 Å². The van der Waals surface area contributed by atoms with Gasteiger partial charge in [-0.15, -0.1) is 0 Å². The molecular formula is C16H13N3O. The fourth-order valence-electron chi connectivity index (χ4n) is 2.05. The largest absolute Gasteiger partial charge is 0.280 e. The summed E-state index contributed by atoms with van der Waals surface area (Å²) in [4.78, 5) is 16.4. The molecule has 3 rings (SSSR count). The monoisotopic (exact) mass is 263 g/mol. The van der Waals surface area contributed by atoms with Crippen LogP contribution in [0.5, 0.6) is 0 Å². The minimum Gasteiger partial charge on any atom is -0.267 e. The number of hydrazone groups is 1. The van der Waals surface area contributed by atoms with Crippen molar-refractivity contribution in [3.8, 4) is 0 Å². The number of benzene rings is 1. The van der Waals surface area contributed by atoms with Crippen LogP contribution in [0.1, 0.15) is 12.5 Å². The van der Waals surface area contributed by atoms with Gasteiger partial charge < -0.3 is 0 Å². The summed E-state index contributed by atoms with van der Waals surface area (Å²) in [5.41, 5.74) is 3.04. The maximum absolute atomic E-state index is 12.4. The molecule has 0 saturated carbocycles. The third kappa shape index (κ3) is 2.23. The first-order chi connectivity index (χ1) is 9.75. The van der Waals surface area contributed by atoms with Gasteiger partial charge in [-0.05, 0) is 42.8 Å². The lowest BCUT2D eigenvalue weighted by atomic mass is 10.1. The Morgan fingerprint density at radius 1 is 1.05 bits per heavy atom. The molecule has 4 heteroatoms. The van der Waals surface area contributed by atoms with E-state index in [2.05, 4.69) is 10.1 Å². The number of hydrogen-bond donors (Lipinski definition) is 0. The summed E-state index contributed by atoms with van der Waals surface area (Å²) in [6.07, 6.45) is 5.24. The van der Waals surface area contributed by atoms with Crippen molar-refractivity contribution in [2.24, 2.45) is 5.10 Å². The molecule has 98 valence electrons. The van der Waals surface area contributed by atoms with Gasteiger partial charge in [-0.2, -0.15) is 10.1 Å². The lowest BCUT2D eigenvalue weighted by Crippen LogP contribution is -2.21. The fraction of sp³-hybridized carbons (Fsp3) is 0.0625. The van der Waals surface area contributed by atoms with Crippen molar-refractivity contribution in [2.45, 2.75) is 6.92 Å². The zero-order chi connectivity index (χ0) is 13.9. The van der Waals surface area contributed by atoms with Gasteiger partial charge in [0, 0.05) is 12.4 Å². The lowest BCUT2D eigenvalue weighted by Gasteiger charge is -2.10. The second-order valence-corrected chi connectivity index (χ2v) is 4.48. The van der Waals surface area contributed by atoms with Crippen molar-refractivity contribution in [1.29, 1.82) is 0 Å². The van der Waals surface area contributed by atoms with E-state index in [1.54, 1.807) is 12.4 Å². The number of anilines is 1. The quantitative estimate of drug-likeness (QED) is 0.782. The Hall–Kier alpha value is -2.75. The van der Waals surface area contributed by atoms with Gasteiger partial charge in [-0.25, -0.2) is 0 Å². The summed E-state index contributed by atoms with van der Waals surface area (Å²) in [6.45, 7) is 1.84. The minimum absolute atomic E-state index is 0.106. The molecule has 1 aliphatic rings. The molecule has 0 N–H and O–H groups in total. The molecule has 0 unspecified atom stereocenters. The molecule has 2 aromatic rings. The van der Waals surface area contributed by atoms with Crippen LogP contribution in [0.25, 0.3) is 6.08 Å². The number of nitrogens with zero attached hydrogens (tertiary/aromatic N) is 3. The molecule has 4 nitrogen and oxygen atoms in total. The predicted octanol–water partition coefficient (Wildman–Crippen LogP) is 2.89. The molecule has 0 saturated heterocycles. The summed E-state index contributed by atoms with van der Waals surface area (Å²) in [7, 11) is 0. The Labute approximate surface area is 117 Å². The highest BCUT2D eigenvalue weighted by Crippen LogP contribution is 2.24. The normalized spacial score (nSPS) is 16.6. The van der Waals surface area contributed by atoms with Crippen LogP contribution in [-0.2, 0) is 4.79 Å². The Bertz CT molecular complexity index is 690. The van der Waals surface area contributed by atoms with E-state index in [-0.39, 0.29) is 5.91 Å². The molecule has 0 spiro atoms. The van der Waals surface area contributed by atoms with Crippen molar-refractivity contribution in [3.63, 3.8) is 0 Å². The number of carbonyl (C=O) groups excluding carboxylic acids is 1. The standard InChI is InChI=1S/C16H13N3O/c1-12-15(11-13-7-9-17-10-8-13)16(20)19(18-12)14-5-3-2-4-6-14/h2-11H,1H3/b15-11+. The van der Waals surface area contributed by atoms with E-state index in [0.717, 1.165) is 17.0 Å². The highest BCUT2D eigenvalue weighted by Gasteiger charge is 2.28. The van der Waals surface area contributed by atoms with Crippen LogP contribution < -0.4 is 5.01 Å². The Morgan fingerprint density at radius 2 is 1.75 bits per heavy atom. The summed E-state index contributed by atoms with van der Waals surface area (Å²) in [5, 5.41) is 5.77. The average Bonchev–Trinajstić information content (AvgIpc) is 2.77. The highest BCUT2D eigenvalue weighted by atomic mass is 16.2. The maximum atomic E-state index is 12.4. The first-order valence-electron chi connectivity index (χ1n) is 6.32. The van der Waals surface area contributed by atoms with Crippen LogP contribution in [-0.4, -0.2) is 16.6 Å². The Kier molecular flexibility index (Phi) is 3.13. The lowest BCUT2D eigenvalue weighted by molar-refractivity contribution is -0.114. The molecule has 2 heterocycles. The van der Waals surface area contributed by atoms with E-state index in [1.165, 1.54) is 5.01 Å². The average molecular weight is 263 g/mol. The second-order valence-electron chi connectivity index (χ2n) is 4.48. The predicted molar refractivity (Wildman–Crippen MR) is 79.3 cm³/mol. The zero-order valence-electron chi connectivity index (χ0n) is 11.0. The number of pyridine rings is 1. The first-order valence-corrected chi connectivity index (χ1v) is 6.32. The van der Waals surface area contributed by atoms with Gasteiger partial charge in [-0.1, -0.05) is 18.2 Å². The van der Waals surface area contributed by atoms with Crippen LogP contribution in [0.3, 0.4) is 0 Å². The second kappa shape index (κ2) is 5.09. The summed E-state index contributed by atoms with van der Waals surface area (Å²) in [6, 6.07) is 13.1. The highest BCUT2D eigenvalue weighted by molar-refractivity contribution is 6.32. The molecule has 0 atom stereocenters. The van der Waals surface area contributed by atoms with Gasteiger partial charge in [0.2, 0.25) is 0 Å². The van der Waals surface area contributed by atoms with Crippen LogP contribution in [0, 0.1) is 0 Å². The number of para-hydroxylation sites is 1. The topological polar surface area (TPSA) is 45.6 Å². The molecule has 0 radical (unpaired) electrons. The third-order valence-electron chi connectivity index (χ3n) is 3.08. The maximum Gasteiger partial charge on any atom is 0.280 e. The van der Waals surface area contributed by atoms with Gasteiger partial charge in [0.15, 0.2) is 0 Å². The van der Waals surface area contributed by atoms with Gasteiger partial charge in [0.25, 0.3) is 5.91 Å². The zero-order valence-corrected chi connectivity index (χ0v) is 11.0. The van der Waals surface area contributed by atoms with E-state index in [1.807, 2.05) is 55.5 Å². The number of amides is 1. The summed E-state index contributed by atoms with van der Waals surface area (Å²) < 4.78 is 0. The minimum atomic E-state index is -0.106. The molecule has 0 fully saturated rings. The SMILES string of the molecule is CC1=NN(c2ccccc2)C(=O)/C1=C/c1ccncc1. The number of aromatic nitrogens is 1. The van der Waals surface area contributed by atoms with Crippen LogP contribution in [0.2, 0.25) is 0 Å². The van der Waals surface area contributed by atoms with E-state index < -0.39 is 0 Å². The van der Waals surface area contributed by atoms with Crippen molar-refractivity contribution < 1.29 is 4.79 Å². The smallest absolute Gasteiger partial charge is 0.267 e. The van der Waals surface area contributed by atoms with E-state index in [9.17, 15) is 4.79 Å². The Balaban J connectivity index is 1.96. The van der Waals surface area contributed by atoms with Gasteiger partial charge in [0.1, 0.15) is 0 Å². The molecule has 0 aliphatic carbocycles. The fourth-order valence-corrected chi connectivity index (χ4v) is 2.05. The van der Waals surface area contributed by atoms with Crippen molar-refractivity contribution in [2.75, 3.05) is 5.01 Å². The molecule has 20 heavy (non-hydrogen) atoms. The molecule has 0 bridgehead atoms. The first kappa shape index (κ1) is 12.3. The number of carbonyl (C=O) groups is 1. The number of hydrogen-bond acceptors (Lipinski definition) is 3. The molecule has 1 amide bonds. The van der Waals surface area contributed by atoms with Crippen LogP contribution >= 0.6 is 0 Å². The van der Waals surface area contributed by atoms with E-state index in [4.69, 9.17) is 0 Å². The molecular weight excluding hydrogens is 250 g/mol.